The number of rotatable bonds is 1. The van der Waals surface area contributed by atoms with Gasteiger partial charge in [-0.05, 0) is 37.6 Å². The summed E-state index contributed by atoms with van der Waals surface area (Å²) in [6, 6.07) is 8.97. The third-order valence-electron chi connectivity index (χ3n) is 3.23. The monoisotopic (exact) mass is 247 g/mol. The SMILES string of the molecule is c1ccc2c(c1)CSC(=NC1CCNCC1)N2. The number of benzene rings is 1. The molecule has 3 nitrogen and oxygen atoms in total. The van der Waals surface area contributed by atoms with E-state index in [9.17, 15) is 0 Å². The Balaban J connectivity index is 1.72. The highest BCUT2D eigenvalue weighted by Gasteiger charge is 2.16. The van der Waals surface area contributed by atoms with Gasteiger partial charge in [-0.1, -0.05) is 30.0 Å². The van der Waals surface area contributed by atoms with E-state index in [0.29, 0.717) is 6.04 Å². The van der Waals surface area contributed by atoms with E-state index in [2.05, 4.69) is 34.9 Å². The molecule has 3 rings (SSSR count). The molecule has 1 fully saturated rings. The van der Waals surface area contributed by atoms with Gasteiger partial charge in [-0.15, -0.1) is 0 Å². The van der Waals surface area contributed by atoms with Gasteiger partial charge in [0.05, 0.1) is 6.04 Å². The molecule has 0 aromatic heterocycles. The predicted octanol–water partition coefficient (Wildman–Crippen LogP) is 2.45. The van der Waals surface area contributed by atoms with Crippen molar-refractivity contribution in [3.05, 3.63) is 29.8 Å². The maximum absolute atomic E-state index is 4.82. The van der Waals surface area contributed by atoms with Crippen molar-refractivity contribution in [2.45, 2.75) is 24.6 Å². The minimum absolute atomic E-state index is 0.497. The number of amidine groups is 1. The predicted molar refractivity (Wildman–Crippen MR) is 74.7 cm³/mol. The van der Waals surface area contributed by atoms with Crippen molar-refractivity contribution in [1.82, 2.24) is 5.32 Å². The summed E-state index contributed by atoms with van der Waals surface area (Å²) in [5, 5.41) is 7.90. The smallest absolute Gasteiger partial charge is 0.161 e. The molecule has 0 bridgehead atoms. The van der Waals surface area contributed by atoms with Crippen molar-refractivity contribution < 1.29 is 0 Å². The molecule has 90 valence electrons. The van der Waals surface area contributed by atoms with E-state index in [-0.39, 0.29) is 0 Å². The second-order valence-corrected chi connectivity index (χ2v) is 5.45. The lowest BCUT2D eigenvalue weighted by Crippen LogP contribution is -2.31. The first-order valence-corrected chi connectivity index (χ1v) is 7.16. The van der Waals surface area contributed by atoms with Gasteiger partial charge >= 0.3 is 0 Å². The summed E-state index contributed by atoms with van der Waals surface area (Å²) in [6.07, 6.45) is 2.32. The zero-order valence-corrected chi connectivity index (χ0v) is 10.6. The average molecular weight is 247 g/mol. The van der Waals surface area contributed by atoms with Gasteiger partial charge in [-0.25, -0.2) is 0 Å². The van der Waals surface area contributed by atoms with Gasteiger partial charge in [0, 0.05) is 11.4 Å². The van der Waals surface area contributed by atoms with E-state index >= 15 is 0 Å². The molecule has 2 aliphatic heterocycles. The van der Waals surface area contributed by atoms with Crippen LogP contribution >= 0.6 is 11.8 Å². The minimum atomic E-state index is 0.497. The summed E-state index contributed by atoms with van der Waals surface area (Å²) in [5.74, 6) is 1.03. The fourth-order valence-corrected chi connectivity index (χ4v) is 3.19. The van der Waals surface area contributed by atoms with Gasteiger partial charge < -0.3 is 10.6 Å². The summed E-state index contributed by atoms with van der Waals surface area (Å²) in [5.41, 5.74) is 2.60. The average Bonchev–Trinajstić information content (AvgIpc) is 2.40. The Morgan fingerprint density at radius 3 is 2.88 bits per heavy atom. The van der Waals surface area contributed by atoms with Crippen LogP contribution in [0.25, 0.3) is 0 Å². The van der Waals surface area contributed by atoms with Gasteiger partial charge in [-0.2, -0.15) is 0 Å². The lowest BCUT2D eigenvalue weighted by molar-refractivity contribution is 0.460. The molecule has 17 heavy (non-hydrogen) atoms. The Morgan fingerprint density at radius 2 is 2.00 bits per heavy atom. The first-order chi connectivity index (χ1) is 8.42. The maximum Gasteiger partial charge on any atom is 0.161 e. The molecule has 2 N–H and O–H groups in total. The molecular formula is C13H17N3S. The van der Waals surface area contributed by atoms with Crippen LogP contribution in [0.3, 0.4) is 0 Å². The highest BCUT2D eigenvalue weighted by Crippen LogP contribution is 2.28. The summed E-state index contributed by atoms with van der Waals surface area (Å²) < 4.78 is 0. The van der Waals surface area contributed by atoms with Crippen LogP contribution < -0.4 is 10.6 Å². The summed E-state index contributed by atoms with van der Waals surface area (Å²) in [7, 11) is 0. The Morgan fingerprint density at radius 1 is 1.18 bits per heavy atom. The second kappa shape index (κ2) is 5.10. The number of anilines is 1. The Hall–Kier alpha value is -1.00. The number of fused-ring (bicyclic) bond motifs is 1. The maximum atomic E-state index is 4.82. The van der Waals surface area contributed by atoms with Crippen molar-refractivity contribution in [2.75, 3.05) is 18.4 Å². The van der Waals surface area contributed by atoms with E-state index in [4.69, 9.17) is 4.99 Å². The molecule has 1 aromatic carbocycles. The zero-order chi connectivity index (χ0) is 11.5. The third kappa shape index (κ3) is 2.64. The van der Waals surface area contributed by atoms with E-state index in [1.165, 1.54) is 11.3 Å². The fourth-order valence-electron chi connectivity index (χ4n) is 2.24. The van der Waals surface area contributed by atoms with Crippen molar-refractivity contribution in [2.24, 2.45) is 4.99 Å². The molecule has 0 amide bonds. The van der Waals surface area contributed by atoms with Crippen molar-refractivity contribution in [3.8, 4) is 0 Å². The van der Waals surface area contributed by atoms with Gasteiger partial charge in [0.2, 0.25) is 0 Å². The van der Waals surface area contributed by atoms with E-state index in [1.54, 1.807) is 0 Å². The largest absolute Gasteiger partial charge is 0.335 e. The lowest BCUT2D eigenvalue weighted by atomic mass is 10.1. The molecule has 0 spiro atoms. The van der Waals surface area contributed by atoms with Crippen LogP contribution in [0, 0.1) is 0 Å². The van der Waals surface area contributed by atoms with Gasteiger partial charge in [0.25, 0.3) is 0 Å². The fraction of sp³-hybridized carbons (Fsp3) is 0.462. The number of para-hydroxylation sites is 1. The minimum Gasteiger partial charge on any atom is -0.335 e. The molecule has 1 aromatic rings. The van der Waals surface area contributed by atoms with Crippen molar-refractivity contribution in [1.29, 1.82) is 0 Å². The molecule has 2 heterocycles. The first kappa shape index (κ1) is 11.1. The van der Waals surface area contributed by atoms with Crippen LogP contribution in [0.2, 0.25) is 0 Å². The normalized spacial score (nSPS) is 23.2. The van der Waals surface area contributed by atoms with Gasteiger partial charge in [0.15, 0.2) is 5.17 Å². The molecule has 1 saturated heterocycles. The van der Waals surface area contributed by atoms with Crippen LogP contribution in [0.5, 0.6) is 0 Å². The summed E-state index contributed by atoms with van der Waals surface area (Å²) in [4.78, 5) is 4.82. The number of hydrogen-bond acceptors (Lipinski definition) is 3. The second-order valence-electron chi connectivity index (χ2n) is 4.49. The number of hydrogen-bond donors (Lipinski definition) is 2. The highest BCUT2D eigenvalue weighted by molar-refractivity contribution is 8.13. The van der Waals surface area contributed by atoms with Crippen LogP contribution in [0.15, 0.2) is 29.3 Å². The summed E-state index contributed by atoms with van der Waals surface area (Å²) in [6.45, 7) is 2.20. The van der Waals surface area contributed by atoms with Crippen LogP contribution in [0.4, 0.5) is 5.69 Å². The quantitative estimate of drug-likeness (QED) is 0.800. The number of piperidine rings is 1. The Bertz CT molecular complexity index is 424. The Kier molecular flexibility index (Phi) is 3.34. The number of nitrogens with zero attached hydrogens (tertiary/aromatic N) is 1. The van der Waals surface area contributed by atoms with E-state index < -0.39 is 0 Å². The zero-order valence-electron chi connectivity index (χ0n) is 9.78. The number of aliphatic imine (C=N–C) groups is 1. The summed E-state index contributed by atoms with van der Waals surface area (Å²) >= 11 is 1.82. The van der Waals surface area contributed by atoms with Crippen molar-refractivity contribution >= 4 is 22.6 Å². The number of thioether (sulfide) groups is 1. The molecular weight excluding hydrogens is 230 g/mol. The molecule has 4 heteroatoms. The standard InChI is InChI=1S/C13H17N3S/c1-2-4-12-10(3-1)9-17-13(16-12)15-11-5-7-14-8-6-11/h1-4,11,14H,5-9H2,(H,15,16). The molecule has 2 aliphatic rings. The Labute approximate surface area is 106 Å². The van der Waals surface area contributed by atoms with E-state index in [0.717, 1.165) is 36.9 Å². The molecule has 0 aliphatic carbocycles. The molecule has 0 atom stereocenters. The van der Waals surface area contributed by atoms with Crippen LogP contribution in [-0.2, 0) is 5.75 Å². The van der Waals surface area contributed by atoms with Crippen molar-refractivity contribution in [3.63, 3.8) is 0 Å². The van der Waals surface area contributed by atoms with Gasteiger partial charge in [0.1, 0.15) is 0 Å². The molecule has 0 unspecified atom stereocenters. The van der Waals surface area contributed by atoms with E-state index in [1.807, 2.05) is 11.8 Å². The van der Waals surface area contributed by atoms with Gasteiger partial charge in [-0.3, -0.25) is 4.99 Å². The topological polar surface area (TPSA) is 36.4 Å². The van der Waals surface area contributed by atoms with Crippen LogP contribution in [0.1, 0.15) is 18.4 Å². The highest BCUT2D eigenvalue weighted by atomic mass is 32.2. The first-order valence-electron chi connectivity index (χ1n) is 6.18. The lowest BCUT2D eigenvalue weighted by Gasteiger charge is -2.23. The third-order valence-corrected chi connectivity index (χ3v) is 4.17. The van der Waals surface area contributed by atoms with Crippen LogP contribution in [-0.4, -0.2) is 24.3 Å². The molecule has 0 saturated carbocycles. The number of nitrogens with one attached hydrogen (secondary N) is 2. The molecule has 0 radical (unpaired) electrons.